The van der Waals surface area contributed by atoms with Gasteiger partial charge >= 0.3 is 17.9 Å². The van der Waals surface area contributed by atoms with Crippen molar-refractivity contribution in [3.05, 3.63) is 0 Å². The largest absolute Gasteiger partial charge is 0.411 e. The SMILES string of the molecule is N=C(CC(O)C(=O)OC(=O)C(Br)CBr)OC(=O)C(Br)CBr. The highest BCUT2D eigenvalue weighted by molar-refractivity contribution is 9.12. The molecule has 0 rings (SSSR count). The Kier molecular flexibility index (Phi) is 10.9. The first kappa shape index (κ1) is 21.2. The minimum Gasteiger partial charge on any atom is -0.411 e. The number of aliphatic hydroxyl groups is 1. The smallest absolute Gasteiger partial charge is 0.343 e. The number of hydrogen-bond acceptors (Lipinski definition) is 7. The average Bonchev–Trinajstić information content (AvgIpc) is 2.44. The Morgan fingerprint density at radius 3 is 1.81 bits per heavy atom. The second-order valence-corrected chi connectivity index (χ2v) is 7.05. The van der Waals surface area contributed by atoms with E-state index in [9.17, 15) is 19.5 Å². The van der Waals surface area contributed by atoms with E-state index < -0.39 is 46.0 Å². The van der Waals surface area contributed by atoms with Crippen LogP contribution >= 0.6 is 63.7 Å². The lowest BCUT2D eigenvalue weighted by molar-refractivity contribution is -0.165. The zero-order chi connectivity index (χ0) is 16.6. The summed E-state index contributed by atoms with van der Waals surface area (Å²) in [5, 5.41) is 17.4. The van der Waals surface area contributed by atoms with Gasteiger partial charge in [-0.15, -0.1) is 0 Å². The van der Waals surface area contributed by atoms with E-state index in [4.69, 9.17) is 5.41 Å². The third-order valence-electron chi connectivity index (χ3n) is 1.86. The predicted molar refractivity (Wildman–Crippen MR) is 88.6 cm³/mol. The van der Waals surface area contributed by atoms with E-state index in [0.717, 1.165) is 0 Å². The highest BCUT2D eigenvalue weighted by Crippen LogP contribution is 2.09. The molecule has 7 nitrogen and oxygen atoms in total. The van der Waals surface area contributed by atoms with E-state index in [2.05, 4.69) is 73.2 Å². The molecule has 0 saturated carbocycles. The number of hydrogen-bond donors (Lipinski definition) is 2. The van der Waals surface area contributed by atoms with Gasteiger partial charge in [-0.2, -0.15) is 0 Å². The standard InChI is InChI=1S/C10H11Br4NO6/c11-2-4(13)8(17)20-7(15)1-6(16)10(19)21-9(18)5(14)3-12/h4-6,15-16H,1-3H2. The van der Waals surface area contributed by atoms with Gasteiger partial charge in [0.15, 0.2) is 12.0 Å². The maximum absolute atomic E-state index is 11.4. The number of nitrogens with one attached hydrogen (secondary N) is 1. The van der Waals surface area contributed by atoms with Gasteiger partial charge in [0.1, 0.15) is 9.65 Å². The monoisotopic (exact) mass is 557 g/mol. The van der Waals surface area contributed by atoms with Gasteiger partial charge in [-0.1, -0.05) is 63.7 Å². The van der Waals surface area contributed by atoms with E-state index in [0.29, 0.717) is 0 Å². The number of aliphatic hydroxyl groups excluding tert-OH is 1. The van der Waals surface area contributed by atoms with Crippen molar-refractivity contribution >= 4 is 87.5 Å². The van der Waals surface area contributed by atoms with E-state index in [-0.39, 0.29) is 10.7 Å². The third-order valence-corrected chi connectivity index (χ3v) is 6.29. The Morgan fingerprint density at radius 1 is 0.952 bits per heavy atom. The van der Waals surface area contributed by atoms with Crippen molar-refractivity contribution in [2.24, 2.45) is 0 Å². The molecule has 3 atom stereocenters. The van der Waals surface area contributed by atoms with Gasteiger partial charge in [-0.3, -0.25) is 15.0 Å². The summed E-state index contributed by atoms with van der Waals surface area (Å²) >= 11 is 12.0. The van der Waals surface area contributed by atoms with Gasteiger partial charge in [0.05, 0.1) is 6.42 Å². The molecule has 11 heteroatoms. The van der Waals surface area contributed by atoms with Crippen LogP contribution in [0.25, 0.3) is 0 Å². The molecule has 3 unspecified atom stereocenters. The van der Waals surface area contributed by atoms with Crippen LogP contribution in [0.4, 0.5) is 0 Å². The summed E-state index contributed by atoms with van der Waals surface area (Å²) in [6.45, 7) is 0. The van der Waals surface area contributed by atoms with Crippen molar-refractivity contribution in [2.75, 3.05) is 10.7 Å². The second kappa shape index (κ2) is 10.8. The lowest BCUT2D eigenvalue weighted by Gasteiger charge is -2.12. The molecular weight excluding hydrogens is 550 g/mol. The molecule has 0 heterocycles. The first-order valence-corrected chi connectivity index (χ1v) is 9.43. The van der Waals surface area contributed by atoms with E-state index >= 15 is 0 Å². The molecule has 0 bridgehead atoms. The molecule has 2 N–H and O–H groups in total. The normalized spacial score (nSPS) is 14.7. The maximum atomic E-state index is 11.4. The molecule has 0 aromatic rings. The van der Waals surface area contributed by atoms with Crippen molar-refractivity contribution in [2.45, 2.75) is 22.2 Å². The molecule has 0 amide bonds. The number of carbonyl (C=O) groups excluding carboxylic acids is 3. The third kappa shape index (κ3) is 8.38. The summed E-state index contributed by atoms with van der Waals surface area (Å²) < 4.78 is 8.98. The highest BCUT2D eigenvalue weighted by Gasteiger charge is 2.26. The van der Waals surface area contributed by atoms with Crippen LogP contribution in [-0.2, 0) is 23.9 Å². The Bertz CT molecular complexity index is 418. The predicted octanol–water partition coefficient (Wildman–Crippen LogP) is 1.64. The fourth-order valence-corrected chi connectivity index (χ4v) is 1.56. The molecule has 0 fully saturated rings. The highest BCUT2D eigenvalue weighted by atomic mass is 79.9. The molecule has 0 spiro atoms. The summed E-state index contributed by atoms with van der Waals surface area (Å²) in [6, 6.07) is 0. The van der Waals surface area contributed by atoms with Gasteiger partial charge in [-0.25, -0.2) is 4.79 Å². The van der Waals surface area contributed by atoms with Crippen molar-refractivity contribution in [3.63, 3.8) is 0 Å². The first-order chi connectivity index (χ1) is 9.72. The Hall–Kier alpha value is 0.160. The molecule has 0 saturated heterocycles. The molecule has 0 radical (unpaired) electrons. The number of halogens is 4. The number of rotatable bonds is 7. The topological polar surface area (TPSA) is 114 Å². The molecule has 0 aromatic heterocycles. The average molecular weight is 561 g/mol. The minimum absolute atomic E-state index is 0.224. The number of alkyl halides is 4. The molecule has 0 aliphatic heterocycles. The Balaban J connectivity index is 4.32. The van der Waals surface area contributed by atoms with Crippen LogP contribution in [0.15, 0.2) is 0 Å². The second-order valence-electron chi connectivity index (χ2n) is 3.55. The van der Waals surface area contributed by atoms with Crippen molar-refractivity contribution < 1.29 is 29.0 Å². The quantitative estimate of drug-likeness (QED) is 0.161. The van der Waals surface area contributed by atoms with Crippen LogP contribution in [0.3, 0.4) is 0 Å². The molecule has 0 aliphatic rings. The summed E-state index contributed by atoms with van der Waals surface area (Å²) in [5.74, 6) is -3.45. The number of carbonyl (C=O) groups is 3. The maximum Gasteiger partial charge on any atom is 0.343 e. The Labute approximate surface area is 154 Å². The summed E-state index contributed by atoms with van der Waals surface area (Å²) in [7, 11) is 0. The zero-order valence-corrected chi connectivity index (χ0v) is 16.7. The minimum atomic E-state index is -1.78. The first-order valence-electron chi connectivity index (χ1n) is 5.35. The van der Waals surface area contributed by atoms with Crippen LogP contribution in [0.1, 0.15) is 6.42 Å². The van der Waals surface area contributed by atoms with Crippen molar-refractivity contribution in [1.82, 2.24) is 0 Å². The van der Waals surface area contributed by atoms with Gasteiger partial charge in [0.25, 0.3) is 0 Å². The fraction of sp³-hybridized carbons (Fsp3) is 0.600. The van der Waals surface area contributed by atoms with Gasteiger partial charge in [0, 0.05) is 10.7 Å². The fourth-order valence-electron chi connectivity index (χ4n) is 0.843. The van der Waals surface area contributed by atoms with Crippen LogP contribution in [0, 0.1) is 5.41 Å². The van der Waals surface area contributed by atoms with E-state index in [1.165, 1.54) is 0 Å². The molecule has 0 aromatic carbocycles. The van der Waals surface area contributed by atoms with Crippen LogP contribution in [-0.4, -0.2) is 55.3 Å². The summed E-state index contributed by atoms with van der Waals surface area (Å²) in [4.78, 5) is 32.6. The van der Waals surface area contributed by atoms with Crippen molar-refractivity contribution in [1.29, 1.82) is 5.41 Å². The molecule has 21 heavy (non-hydrogen) atoms. The van der Waals surface area contributed by atoms with Gasteiger partial charge < -0.3 is 14.6 Å². The van der Waals surface area contributed by atoms with Crippen LogP contribution < -0.4 is 0 Å². The van der Waals surface area contributed by atoms with E-state index in [1.54, 1.807) is 0 Å². The molecule has 0 aliphatic carbocycles. The van der Waals surface area contributed by atoms with Gasteiger partial charge in [0.2, 0.25) is 0 Å². The van der Waals surface area contributed by atoms with Gasteiger partial charge in [-0.05, 0) is 0 Å². The molecular formula is C10H11Br4NO6. The number of ether oxygens (including phenoxy) is 2. The zero-order valence-electron chi connectivity index (χ0n) is 10.4. The van der Waals surface area contributed by atoms with Crippen LogP contribution in [0.2, 0.25) is 0 Å². The van der Waals surface area contributed by atoms with Crippen LogP contribution in [0.5, 0.6) is 0 Å². The molecule has 120 valence electrons. The lowest BCUT2D eigenvalue weighted by atomic mass is 10.2. The van der Waals surface area contributed by atoms with Crippen molar-refractivity contribution in [3.8, 4) is 0 Å². The lowest BCUT2D eigenvalue weighted by Crippen LogP contribution is -2.32. The summed E-state index contributed by atoms with van der Waals surface area (Å²) in [6.07, 6.45) is -2.36. The van der Waals surface area contributed by atoms with E-state index in [1.807, 2.05) is 0 Å². The Morgan fingerprint density at radius 2 is 1.38 bits per heavy atom. The number of esters is 3. The summed E-state index contributed by atoms with van der Waals surface area (Å²) in [5.41, 5.74) is 0.